The van der Waals surface area contributed by atoms with Crippen molar-refractivity contribution in [3.8, 4) is 16.9 Å². The Kier molecular flexibility index (Phi) is 5.96. The smallest absolute Gasteiger partial charge is 0.282 e. The molecule has 1 aromatic heterocycles. The summed E-state index contributed by atoms with van der Waals surface area (Å²) in [4.78, 5) is 8.67. The van der Waals surface area contributed by atoms with Gasteiger partial charge in [-0.2, -0.15) is 0 Å². The van der Waals surface area contributed by atoms with Crippen molar-refractivity contribution in [1.29, 1.82) is 0 Å². The number of pyridine rings is 1. The zero-order valence-electron chi connectivity index (χ0n) is 14.8. The summed E-state index contributed by atoms with van der Waals surface area (Å²) in [6.45, 7) is 0.627. The average Bonchev–Trinajstić information content (AvgIpc) is 2.66. The van der Waals surface area contributed by atoms with Gasteiger partial charge in [0.05, 0.1) is 18.2 Å². The predicted molar refractivity (Wildman–Crippen MR) is 102 cm³/mol. The van der Waals surface area contributed by atoms with Crippen LogP contribution in [-0.2, 0) is 9.47 Å². The van der Waals surface area contributed by atoms with E-state index in [9.17, 15) is 0 Å². The van der Waals surface area contributed by atoms with Gasteiger partial charge < -0.3 is 19.9 Å². The van der Waals surface area contributed by atoms with Crippen LogP contribution in [0, 0.1) is 0 Å². The predicted octanol–water partition coefficient (Wildman–Crippen LogP) is 3.59. The summed E-state index contributed by atoms with van der Waals surface area (Å²) >= 11 is 6.07. The van der Waals surface area contributed by atoms with Crippen molar-refractivity contribution >= 4 is 17.6 Å². The van der Waals surface area contributed by atoms with E-state index in [-0.39, 0.29) is 18.2 Å². The summed E-state index contributed by atoms with van der Waals surface area (Å²) in [6, 6.07) is 7.88. The van der Waals surface area contributed by atoms with Gasteiger partial charge in [0.25, 0.3) is 6.02 Å². The van der Waals surface area contributed by atoms with Crippen molar-refractivity contribution in [3.05, 3.63) is 47.2 Å². The van der Waals surface area contributed by atoms with Crippen LogP contribution in [0.15, 0.2) is 41.7 Å². The van der Waals surface area contributed by atoms with Crippen molar-refractivity contribution in [2.24, 2.45) is 10.7 Å². The number of hydrogen-bond donors (Lipinski definition) is 1. The summed E-state index contributed by atoms with van der Waals surface area (Å²) < 4.78 is 16.3. The molecule has 2 aromatic rings. The molecule has 0 saturated heterocycles. The first kappa shape index (κ1) is 18.5. The number of methoxy groups -OCH3 is 2. The first-order chi connectivity index (χ1) is 12.6. The van der Waals surface area contributed by atoms with Crippen LogP contribution in [0.1, 0.15) is 24.4 Å². The highest BCUT2D eigenvalue weighted by atomic mass is 35.5. The first-order valence-electron chi connectivity index (χ1n) is 8.38. The highest BCUT2D eigenvalue weighted by Gasteiger charge is 2.29. The lowest BCUT2D eigenvalue weighted by Crippen LogP contribution is -2.28. The minimum absolute atomic E-state index is 0.0135. The minimum Gasteiger partial charge on any atom is -0.490 e. The molecule has 26 heavy (non-hydrogen) atoms. The molecule has 1 aliphatic heterocycles. The number of fused-ring (bicyclic) bond motifs is 1. The Balaban J connectivity index is 1.97. The topological polar surface area (TPSA) is 79.0 Å². The lowest BCUT2D eigenvalue weighted by molar-refractivity contribution is 0.104. The van der Waals surface area contributed by atoms with Crippen molar-refractivity contribution in [2.75, 3.05) is 20.8 Å². The van der Waals surface area contributed by atoms with Gasteiger partial charge in [0.2, 0.25) is 0 Å². The molecule has 7 heteroatoms. The highest BCUT2D eigenvalue weighted by molar-refractivity contribution is 6.30. The number of ether oxygens (including phenoxy) is 3. The van der Waals surface area contributed by atoms with Gasteiger partial charge in [-0.15, -0.1) is 0 Å². The number of benzene rings is 1. The van der Waals surface area contributed by atoms with Gasteiger partial charge in [-0.25, -0.2) is 4.99 Å². The van der Waals surface area contributed by atoms with Gasteiger partial charge >= 0.3 is 0 Å². The van der Waals surface area contributed by atoms with E-state index in [0.717, 1.165) is 28.9 Å². The first-order valence-corrected chi connectivity index (χ1v) is 8.76. The van der Waals surface area contributed by atoms with E-state index >= 15 is 0 Å². The molecule has 0 amide bonds. The number of nitrogens with zero attached hydrogens (tertiary/aromatic N) is 2. The van der Waals surface area contributed by atoms with Crippen LogP contribution in [0.2, 0.25) is 5.02 Å². The number of amidine groups is 1. The average molecular weight is 376 g/mol. The van der Waals surface area contributed by atoms with E-state index in [1.54, 1.807) is 19.5 Å². The maximum Gasteiger partial charge on any atom is 0.282 e. The van der Waals surface area contributed by atoms with E-state index in [1.807, 2.05) is 24.3 Å². The molecule has 1 aliphatic rings. The third kappa shape index (κ3) is 4.26. The third-order valence-corrected chi connectivity index (χ3v) is 4.53. The van der Waals surface area contributed by atoms with Crippen molar-refractivity contribution in [3.63, 3.8) is 0 Å². The summed E-state index contributed by atoms with van der Waals surface area (Å²) in [5.74, 6) is 0.800. The Bertz CT molecular complexity index is 797. The van der Waals surface area contributed by atoms with Crippen LogP contribution in [0.25, 0.3) is 11.1 Å². The summed E-state index contributed by atoms with van der Waals surface area (Å²) in [7, 11) is 3.19. The van der Waals surface area contributed by atoms with E-state index in [0.29, 0.717) is 18.1 Å². The quantitative estimate of drug-likeness (QED) is 0.638. The number of rotatable bonds is 5. The molecule has 1 aromatic carbocycles. The standard InChI is InChI=1S/C19H22ClN3O3/c1-24-6-5-15-9-17(23-19(21)25-2)16-8-12(3-4-18(16)26-15)13-7-14(20)11-22-10-13/h3-4,7-8,10-11,15,17H,5-6,9H2,1-2H3,(H2,21,23). The van der Waals surface area contributed by atoms with Gasteiger partial charge in [-0.3, -0.25) is 4.98 Å². The summed E-state index contributed by atoms with van der Waals surface area (Å²) in [5.41, 5.74) is 8.71. The third-order valence-electron chi connectivity index (χ3n) is 4.32. The Morgan fingerprint density at radius 3 is 2.88 bits per heavy atom. The molecule has 0 aliphatic carbocycles. The maximum absolute atomic E-state index is 6.12. The summed E-state index contributed by atoms with van der Waals surface area (Å²) in [5, 5.41) is 0.592. The molecule has 2 N–H and O–H groups in total. The number of hydrogen-bond acceptors (Lipinski definition) is 5. The normalized spacial score (nSPS) is 19.6. The number of aromatic nitrogens is 1. The van der Waals surface area contributed by atoms with Gasteiger partial charge in [-0.1, -0.05) is 17.7 Å². The van der Waals surface area contributed by atoms with Crippen LogP contribution in [0.3, 0.4) is 0 Å². The number of aliphatic imine (C=N–C) groups is 1. The zero-order valence-corrected chi connectivity index (χ0v) is 15.6. The molecule has 3 rings (SSSR count). The molecule has 0 saturated carbocycles. The Morgan fingerprint density at radius 2 is 2.15 bits per heavy atom. The van der Waals surface area contributed by atoms with Crippen LogP contribution in [-0.4, -0.2) is 37.9 Å². The second kappa shape index (κ2) is 8.38. The molecule has 2 heterocycles. The van der Waals surface area contributed by atoms with Gasteiger partial charge in [-0.05, 0) is 23.8 Å². The molecule has 0 fully saturated rings. The highest BCUT2D eigenvalue weighted by Crippen LogP contribution is 2.40. The number of nitrogens with two attached hydrogens (primary N) is 1. The van der Waals surface area contributed by atoms with E-state index in [1.165, 1.54) is 7.11 Å². The van der Waals surface area contributed by atoms with E-state index in [2.05, 4.69) is 9.98 Å². The monoisotopic (exact) mass is 375 g/mol. The Morgan fingerprint density at radius 1 is 1.31 bits per heavy atom. The van der Waals surface area contributed by atoms with E-state index < -0.39 is 0 Å². The molecule has 138 valence electrons. The van der Waals surface area contributed by atoms with Crippen molar-refractivity contribution in [1.82, 2.24) is 4.98 Å². The SMILES string of the molecule is COCCC1CC(N=C(N)OC)c2cc(-c3cncc(Cl)c3)ccc2O1. The minimum atomic E-state index is -0.146. The second-order valence-electron chi connectivity index (χ2n) is 6.09. The van der Waals surface area contributed by atoms with Gasteiger partial charge in [0.1, 0.15) is 11.9 Å². The Hall–Kier alpha value is -2.31. The fourth-order valence-corrected chi connectivity index (χ4v) is 3.20. The fourth-order valence-electron chi connectivity index (χ4n) is 3.02. The van der Waals surface area contributed by atoms with Crippen molar-refractivity contribution in [2.45, 2.75) is 25.0 Å². The van der Waals surface area contributed by atoms with Crippen LogP contribution >= 0.6 is 11.6 Å². The van der Waals surface area contributed by atoms with Crippen LogP contribution in [0.4, 0.5) is 0 Å². The zero-order chi connectivity index (χ0) is 18.5. The molecule has 0 bridgehead atoms. The molecular formula is C19H22ClN3O3. The van der Waals surface area contributed by atoms with Gasteiger partial charge in [0, 0.05) is 50.1 Å². The van der Waals surface area contributed by atoms with E-state index in [4.69, 9.17) is 31.5 Å². The molecule has 0 spiro atoms. The second-order valence-corrected chi connectivity index (χ2v) is 6.53. The fraction of sp³-hybridized carbons (Fsp3) is 0.368. The molecule has 2 unspecified atom stereocenters. The van der Waals surface area contributed by atoms with Crippen molar-refractivity contribution < 1.29 is 14.2 Å². The molecule has 6 nitrogen and oxygen atoms in total. The lowest BCUT2D eigenvalue weighted by atomic mass is 9.93. The number of halogens is 1. The van der Waals surface area contributed by atoms with Gasteiger partial charge in [0.15, 0.2) is 0 Å². The summed E-state index contributed by atoms with van der Waals surface area (Å²) in [6.07, 6.45) is 4.89. The van der Waals surface area contributed by atoms with Crippen LogP contribution < -0.4 is 10.5 Å². The molecule has 2 atom stereocenters. The molecular weight excluding hydrogens is 354 g/mol. The largest absolute Gasteiger partial charge is 0.490 e. The Labute approximate surface area is 158 Å². The van der Waals surface area contributed by atoms with Crippen LogP contribution in [0.5, 0.6) is 5.75 Å². The maximum atomic E-state index is 6.12. The molecule has 0 radical (unpaired) electrons. The lowest BCUT2D eigenvalue weighted by Gasteiger charge is -2.30.